The van der Waals surface area contributed by atoms with Gasteiger partial charge in [-0.05, 0) is 165 Å². The molecule has 5 aromatic carbocycles. The number of nitro groups is 1. The van der Waals surface area contributed by atoms with Crippen molar-refractivity contribution < 1.29 is 14.5 Å². The van der Waals surface area contributed by atoms with Crippen molar-refractivity contribution >= 4 is 68.7 Å². The highest BCUT2D eigenvalue weighted by molar-refractivity contribution is 6.34. The SMILES string of the molecule is Cc1cc(C)c(/C2=C3\C=CC(=N3)C(OC(=O)c3ccc([N+](=O)[O-])cc3)(c3ccc(Cl)cc3)C3=N/C(=C(/c4c(C)cc(C)cc4C)c4ccc([nH]4)/C(c4ccc(Cl)cc4)=C4/C=CC2=N4)C=C3)c(C)c1. The number of aliphatic imine (C=N–C) groups is 3. The minimum Gasteiger partial charge on any atom is -0.437 e. The molecule has 6 aromatic rings. The summed E-state index contributed by atoms with van der Waals surface area (Å²) >= 11 is 13.1. The Balaban J connectivity index is 1.34. The highest BCUT2D eigenvalue weighted by atomic mass is 35.5. The summed E-state index contributed by atoms with van der Waals surface area (Å²) in [6, 6.07) is 33.0. The first-order valence-electron chi connectivity index (χ1n) is 22.1. The molecule has 68 heavy (non-hydrogen) atoms. The van der Waals surface area contributed by atoms with Gasteiger partial charge in [0.15, 0.2) is 0 Å². The van der Waals surface area contributed by atoms with Gasteiger partial charge in [0.1, 0.15) is 0 Å². The number of aryl methyl sites for hydroxylation is 6. The molecular weight excluding hydrogens is 890 g/mol. The number of ether oxygens (including phenoxy) is 1. The van der Waals surface area contributed by atoms with E-state index in [1.807, 2.05) is 60.7 Å². The Kier molecular flexibility index (Phi) is 11.1. The van der Waals surface area contributed by atoms with Gasteiger partial charge < -0.3 is 9.72 Å². The van der Waals surface area contributed by atoms with Crippen LogP contribution in [0.4, 0.5) is 5.69 Å². The van der Waals surface area contributed by atoms with Gasteiger partial charge in [0.05, 0.1) is 44.7 Å². The molecule has 8 bridgehead atoms. The molecule has 0 saturated heterocycles. The third-order valence-corrected chi connectivity index (χ3v) is 13.2. The molecule has 334 valence electrons. The zero-order valence-corrected chi connectivity index (χ0v) is 39.5. The van der Waals surface area contributed by atoms with Crippen molar-refractivity contribution in [3.8, 4) is 0 Å². The molecule has 0 radical (unpaired) electrons. The van der Waals surface area contributed by atoms with Crippen molar-refractivity contribution in [3.05, 3.63) is 255 Å². The van der Waals surface area contributed by atoms with Crippen molar-refractivity contribution in [3.63, 3.8) is 0 Å². The number of hydrogen-bond acceptors (Lipinski definition) is 7. The quantitative estimate of drug-likeness (QED) is 0.0973. The van der Waals surface area contributed by atoms with Crippen LogP contribution in [0.2, 0.25) is 10.0 Å². The van der Waals surface area contributed by atoms with Crippen LogP contribution < -0.4 is 0 Å². The summed E-state index contributed by atoms with van der Waals surface area (Å²) in [7, 11) is 0. The Morgan fingerprint density at radius 1 is 0.574 bits per heavy atom. The number of rotatable bonds is 7. The maximum atomic E-state index is 14.8. The van der Waals surface area contributed by atoms with Crippen LogP contribution in [0.1, 0.15) is 77.4 Å². The summed E-state index contributed by atoms with van der Waals surface area (Å²) in [4.78, 5) is 46.1. The Labute approximate surface area is 403 Å². The van der Waals surface area contributed by atoms with Crippen LogP contribution >= 0.6 is 23.2 Å². The van der Waals surface area contributed by atoms with Crippen LogP contribution in [0.25, 0.3) is 16.7 Å². The number of allylic oxidation sites excluding steroid dienone is 5. The van der Waals surface area contributed by atoms with Crippen LogP contribution in [0.15, 0.2) is 178 Å². The number of nitrogens with zero attached hydrogens (tertiary/aromatic N) is 4. The van der Waals surface area contributed by atoms with E-state index >= 15 is 0 Å². The van der Waals surface area contributed by atoms with Crippen LogP contribution in [0.5, 0.6) is 0 Å². The van der Waals surface area contributed by atoms with Gasteiger partial charge in [0.25, 0.3) is 5.69 Å². The maximum absolute atomic E-state index is 14.8. The molecule has 10 rings (SSSR count). The normalized spacial score (nSPS) is 20.4. The first kappa shape index (κ1) is 44.1. The molecule has 9 nitrogen and oxygen atoms in total. The first-order valence-corrected chi connectivity index (χ1v) is 22.8. The number of halogens is 2. The summed E-state index contributed by atoms with van der Waals surface area (Å²) in [5.74, 6) is -0.746. The lowest BCUT2D eigenvalue weighted by Gasteiger charge is -2.33. The number of carbonyl (C=O) groups excluding carboxylic acids is 1. The van der Waals surface area contributed by atoms with Gasteiger partial charge in [0, 0.05) is 55.8 Å². The van der Waals surface area contributed by atoms with E-state index < -0.39 is 16.5 Å². The topological polar surface area (TPSA) is 122 Å². The lowest BCUT2D eigenvalue weighted by atomic mass is 9.83. The molecule has 5 heterocycles. The number of benzene rings is 5. The number of fused-ring (bicyclic) bond motifs is 5. The zero-order valence-electron chi connectivity index (χ0n) is 38.0. The second-order valence-electron chi connectivity index (χ2n) is 17.5. The first-order chi connectivity index (χ1) is 32.7. The smallest absolute Gasteiger partial charge is 0.339 e. The van der Waals surface area contributed by atoms with Gasteiger partial charge in [-0.1, -0.05) is 82.9 Å². The highest BCUT2D eigenvalue weighted by Crippen LogP contribution is 2.44. The molecule has 0 saturated carbocycles. The van der Waals surface area contributed by atoms with E-state index in [1.165, 1.54) is 24.3 Å². The molecule has 1 atom stereocenters. The largest absolute Gasteiger partial charge is 0.437 e. The Morgan fingerprint density at radius 2 is 1.04 bits per heavy atom. The van der Waals surface area contributed by atoms with Crippen LogP contribution in [-0.2, 0) is 10.3 Å². The molecule has 4 aliphatic rings. The zero-order chi connectivity index (χ0) is 47.6. The summed E-state index contributed by atoms with van der Waals surface area (Å²) in [5.41, 5.74) is 15.5. The fourth-order valence-corrected chi connectivity index (χ4v) is 10.2. The fourth-order valence-electron chi connectivity index (χ4n) is 9.91. The lowest BCUT2D eigenvalue weighted by molar-refractivity contribution is -0.384. The molecule has 0 aliphatic carbocycles. The van der Waals surface area contributed by atoms with Crippen molar-refractivity contribution in [2.75, 3.05) is 0 Å². The molecule has 0 amide bonds. The van der Waals surface area contributed by atoms with E-state index in [4.69, 9.17) is 42.9 Å². The van der Waals surface area contributed by atoms with Crippen molar-refractivity contribution in [1.29, 1.82) is 0 Å². The average Bonchev–Trinajstić information content (AvgIpc) is 4.16. The number of hydrogen-bond donors (Lipinski definition) is 1. The number of carbonyl (C=O) groups is 1. The van der Waals surface area contributed by atoms with E-state index in [2.05, 4.69) is 82.9 Å². The Hall–Kier alpha value is -7.72. The van der Waals surface area contributed by atoms with Gasteiger partial charge in [-0.25, -0.2) is 19.8 Å². The highest BCUT2D eigenvalue weighted by Gasteiger charge is 2.48. The van der Waals surface area contributed by atoms with Crippen LogP contribution in [-0.4, -0.2) is 33.0 Å². The minimum absolute atomic E-state index is 0.103. The molecule has 1 aromatic heterocycles. The summed E-state index contributed by atoms with van der Waals surface area (Å²) in [6.07, 6.45) is 11.7. The van der Waals surface area contributed by atoms with E-state index in [0.29, 0.717) is 44.1 Å². The predicted octanol–water partition coefficient (Wildman–Crippen LogP) is 13.8. The molecule has 11 heteroatoms. The molecule has 1 unspecified atom stereocenters. The number of aromatic nitrogens is 1. The fraction of sp³-hybridized carbons (Fsp3) is 0.123. The van der Waals surface area contributed by atoms with Crippen molar-refractivity contribution in [2.24, 2.45) is 15.0 Å². The van der Waals surface area contributed by atoms with Gasteiger partial charge in [-0.2, -0.15) is 0 Å². The number of aromatic amines is 1. The van der Waals surface area contributed by atoms with Gasteiger partial charge >= 0.3 is 5.97 Å². The summed E-state index contributed by atoms with van der Waals surface area (Å²) in [5, 5.41) is 12.8. The van der Waals surface area contributed by atoms with Crippen molar-refractivity contribution in [2.45, 2.75) is 47.1 Å². The third-order valence-electron chi connectivity index (χ3n) is 12.7. The van der Waals surface area contributed by atoms with Gasteiger partial charge in [0.2, 0.25) is 5.60 Å². The van der Waals surface area contributed by atoms with Crippen LogP contribution in [0.3, 0.4) is 0 Å². The third kappa shape index (κ3) is 7.73. The summed E-state index contributed by atoms with van der Waals surface area (Å²) in [6.45, 7) is 12.5. The monoisotopic (exact) mass is 931 g/mol. The van der Waals surface area contributed by atoms with E-state index in [0.717, 1.165) is 83.9 Å². The average molecular weight is 933 g/mol. The molecule has 0 spiro atoms. The van der Waals surface area contributed by atoms with Crippen molar-refractivity contribution in [1.82, 2.24) is 4.98 Å². The predicted molar refractivity (Wildman–Crippen MR) is 274 cm³/mol. The standard InChI is InChI=1S/C57H43Cl2N5O4/c1-31-27-33(3)51(34(4)28-31)54-45-21-19-43(60-45)53(37-7-13-40(58)14-8-37)44-20-22-46(61-44)55(52-35(5)29-32(2)30-36(52)6)48-24-26-50(63-48)57(49-25-23-47(54)62-49,39-11-15-41(59)16-12-39)68-56(65)38-9-17-42(18-10-38)64(66)67/h7-30,60H,1-6H3/b53-44-,54-47+,55-48+. The molecule has 1 N–H and O–H groups in total. The van der Waals surface area contributed by atoms with Crippen LogP contribution in [0, 0.1) is 51.7 Å². The van der Waals surface area contributed by atoms with E-state index in [-0.39, 0.29) is 11.3 Å². The lowest BCUT2D eigenvalue weighted by Crippen LogP contribution is -2.46. The molecule has 0 fully saturated rings. The number of H-pyrrole nitrogens is 1. The Bertz CT molecular complexity index is 3420. The number of nitrogens with one attached hydrogen (secondary N) is 1. The number of esters is 1. The van der Waals surface area contributed by atoms with Gasteiger partial charge in [-0.15, -0.1) is 0 Å². The molecular formula is C57H43Cl2N5O4. The van der Waals surface area contributed by atoms with Gasteiger partial charge in [-0.3, -0.25) is 10.1 Å². The van der Waals surface area contributed by atoms with E-state index in [9.17, 15) is 14.9 Å². The minimum atomic E-state index is -1.79. The van der Waals surface area contributed by atoms with E-state index in [1.54, 1.807) is 24.3 Å². The molecule has 4 aliphatic heterocycles. The maximum Gasteiger partial charge on any atom is 0.339 e. The summed E-state index contributed by atoms with van der Waals surface area (Å²) < 4.78 is 6.90. The second-order valence-corrected chi connectivity index (χ2v) is 18.4. The Morgan fingerprint density at radius 3 is 1.59 bits per heavy atom. The number of nitro benzene ring substituents is 1. The number of non-ortho nitro benzene ring substituents is 1. The second kappa shape index (κ2) is 17.2.